The minimum atomic E-state index is -3.27. The largest absolute Gasteiger partial charge is 0.385 e. The number of nitrogens with two attached hydrogens (primary N) is 1. The number of nitrogens with zero attached hydrogens (tertiary/aromatic N) is 4. The lowest BCUT2D eigenvalue weighted by Crippen LogP contribution is -2.48. The molecular weight excluding hydrogens is 560 g/mol. The van der Waals surface area contributed by atoms with Crippen LogP contribution in [0.3, 0.4) is 0 Å². The lowest BCUT2D eigenvalue weighted by atomic mass is 9.75. The predicted molar refractivity (Wildman–Crippen MR) is 155 cm³/mol. The maximum Gasteiger partial charge on any atom is 0.152 e. The van der Waals surface area contributed by atoms with Crippen LogP contribution in [0, 0.1) is 17.6 Å². The summed E-state index contributed by atoms with van der Waals surface area (Å²) in [5, 5.41) is 14.9. The molecule has 2 aliphatic carbocycles. The SMILES string of the molecule is C[C@H]1C[C@@H](c2ccncc2Cc2ncc3ccc(-c4c(F)cc(C5(O)CCCC5)cc4F)nn23)C[C@@H](N)[C@H]1S(C)(=O)=O. The van der Waals surface area contributed by atoms with Gasteiger partial charge in [0, 0.05) is 31.1 Å². The second kappa shape index (κ2) is 10.8. The van der Waals surface area contributed by atoms with Crippen LogP contribution in [0.2, 0.25) is 0 Å². The Labute approximate surface area is 243 Å². The first kappa shape index (κ1) is 28.8. The molecule has 2 fully saturated rings. The smallest absolute Gasteiger partial charge is 0.152 e. The zero-order valence-corrected chi connectivity index (χ0v) is 24.5. The average Bonchev–Trinajstić information content (AvgIpc) is 3.54. The number of sulfone groups is 1. The molecule has 0 aliphatic heterocycles. The molecule has 0 bridgehead atoms. The quantitative estimate of drug-likeness (QED) is 0.332. The molecule has 4 aromatic rings. The molecule has 3 heterocycles. The van der Waals surface area contributed by atoms with Crippen molar-refractivity contribution in [3.63, 3.8) is 0 Å². The highest BCUT2D eigenvalue weighted by molar-refractivity contribution is 7.91. The predicted octanol–water partition coefficient (Wildman–Crippen LogP) is 4.68. The van der Waals surface area contributed by atoms with Crippen molar-refractivity contribution in [2.75, 3.05) is 6.26 Å². The number of hydrogen-bond donors (Lipinski definition) is 2. The first-order chi connectivity index (χ1) is 19.9. The lowest BCUT2D eigenvalue weighted by molar-refractivity contribution is 0.0438. The van der Waals surface area contributed by atoms with Crippen molar-refractivity contribution >= 4 is 15.4 Å². The molecule has 42 heavy (non-hydrogen) atoms. The maximum atomic E-state index is 15.3. The van der Waals surface area contributed by atoms with E-state index in [0.717, 1.165) is 24.0 Å². The van der Waals surface area contributed by atoms with E-state index in [2.05, 4.69) is 15.1 Å². The summed E-state index contributed by atoms with van der Waals surface area (Å²) >= 11 is 0. The number of hydrogen-bond acceptors (Lipinski definition) is 7. The van der Waals surface area contributed by atoms with Gasteiger partial charge in [-0.2, -0.15) is 5.10 Å². The summed E-state index contributed by atoms with van der Waals surface area (Å²) in [5.74, 6) is -1.03. The van der Waals surface area contributed by atoms with E-state index in [4.69, 9.17) is 5.73 Å². The summed E-state index contributed by atoms with van der Waals surface area (Å²) in [4.78, 5) is 8.88. The van der Waals surface area contributed by atoms with Crippen LogP contribution in [0.25, 0.3) is 16.8 Å². The number of aliphatic hydroxyl groups is 1. The molecular formula is C31H35F2N5O3S. The third kappa shape index (κ3) is 5.22. The number of pyridine rings is 1. The van der Waals surface area contributed by atoms with Crippen LogP contribution in [0.4, 0.5) is 8.78 Å². The number of halogens is 2. The van der Waals surface area contributed by atoms with Crippen molar-refractivity contribution in [1.29, 1.82) is 0 Å². The summed E-state index contributed by atoms with van der Waals surface area (Å²) in [7, 11) is -3.27. The molecule has 8 nitrogen and oxygen atoms in total. The average molecular weight is 596 g/mol. The second-order valence-electron chi connectivity index (χ2n) is 12.1. The monoisotopic (exact) mass is 595 g/mol. The van der Waals surface area contributed by atoms with E-state index < -0.39 is 38.4 Å². The number of benzene rings is 1. The van der Waals surface area contributed by atoms with Gasteiger partial charge in [0.15, 0.2) is 9.84 Å². The fourth-order valence-electron chi connectivity index (χ4n) is 7.23. The van der Waals surface area contributed by atoms with Crippen LogP contribution >= 0.6 is 0 Å². The van der Waals surface area contributed by atoms with E-state index in [1.165, 1.54) is 18.4 Å². The van der Waals surface area contributed by atoms with Crippen molar-refractivity contribution in [3.05, 3.63) is 83.1 Å². The van der Waals surface area contributed by atoms with E-state index in [1.54, 1.807) is 35.2 Å². The summed E-state index contributed by atoms with van der Waals surface area (Å²) in [6.45, 7) is 1.94. The molecule has 1 aromatic carbocycles. The number of imidazole rings is 1. The number of rotatable bonds is 6. The van der Waals surface area contributed by atoms with Gasteiger partial charge in [0.2, 0.25) is 0 Å². The molecule has 0 spiro atoms. The minimum absolute atomic E-state index is 0.0529. The summed E-state index contributed by atoms with van der Waals surface area (Å²) in [5.41, 5.74) is 7.92. The Hall–Kier alpha value is -3.28. The Kier molecular flexibility index (Phi) is 7.39. The van der Waals surface area contributed by atoms with Crippen molar-refractivity contribution in [2.24, 2.45) is 11.7 Å². The zero-order chi connectivity index (χ0) is 29.8. The van der Waals surface area contributed by atoms with E-state index in [1.807, 2.05) is 13.0 Å². The Morgan fingerprint density at radius 1 is 1.10 bits per heavy atom. The van der Waals surface area contributed by atoms with Gasteiger partial charge in [-0.25, -0.2) is 26.7 Å². The summed E-state index contributed by atoms with van der Waals surface area (Å²) in [6.07, 6.45) is 10.6. The van der Waals surface area contributed by atoms with Gasteiger partial charge >= 0.3 is 0 Å². The molecule has 2 saturated carbocycles. The van der Waals surface area contributed by atoms with Gasteiger partial charge < -0.3 is 10.8 Å². The van der Waals surface area contributed by atoms with Crippen LogP contribution in [0.15, 0.2) is 48.9 Å². The molecule has 0 unspecified atom stereocenters. The van der Waals surface area contributed by atoms with Crippen LogP contribution < -0.4 is 5.73 Å². The van der Waals surface area contributed by atoms with E-state index >= 15 is 8.78 Å². The lowest BCUT2D eigenvalue weighted by Gasteiger charge is -2.38. The fourth-order valence-corrected chi connectivity index (χ4v) is 8.94. The van der Waals surface area contributed by atoms with Crippen LogP contribution in [-0.4, -0.2) is 50.7 Å². The molecule has 2 aliphatic rings. The molecule has 3 N–H and O–H groups in total. The van der Waals surface area contributed by atoms with Gasteiger partial charge in [-0.3, -0.25) is 4.98 Å². The first-order valence-corrected chi connectivity index (χ1v) is 16.3. The van der Waals surface area contributed by atoms with Gasteiger partial charge in [0.25, 0.3) is 0 Å². The Bertz CT molecular complexity index is 1720. The summed E-state index contributed by atoms with van der Waals surface area (Å²) in [6, 6.07) is 7.18. The van der Waals surface area contributed by atoms with Crippen molar-refractivity contribution in [2.45, 2.75) is 74.7 Å². The maximum absolute atomic E-state index is 15.3. The van der Waals surface area contributed by atoms with Crippen LogP contribution in [-0.2, 0) is 21.9 Å². The van der Waals surface area contributed by atoms with E-state index in [9.17, 15) is 13.5 Å². The molecule has 4 atom stereocenters. The standard InChI is InChI=1S/C31H35F2N5O3S/c1-18-11-19(12-26(34)30(18)42(2,40)41)23-7-10-35-16-20(23)13-28-36-17-22-5-6-27(37-38(22)28)29-24(32)14-21(15-25(29)33)31(39)8-3-4-9-31/h5-7,10,14-19,26,30,39H,3-4,8-9,11-13,34H2,1-2H3/t18-,19+,26+,30-/m0/s1. The highest BCUT2D eigenvalue weighted by Crippen LogP contribution is 2.41. The van der Waals surface area contributed by atoms with Gasteiger partial charge in [0.05, 0.1) is 33.8 Å². The van der Waals surface area contributed by atoms with Gasteiger partial charge in [-0.1, -0.05) is 19.8 Å². The van der Waals surface area contributed by atoms with Gasteiger partial charge in [-0.05, 0) is 84.5 Å². The molecule has 3 aromatic heterocycles. The normalized spacial score (nSPS) is 24.3. The van der Waals surface area contributed by atoms with Crippen molar-refractivity contribution in [1.82, 2.24) is 19.6 Å². The molecule has 222 valence electrons. The highest BCUT2D eigenvalue weighted by atomic mass is 32.2. The third-order valence-corrected chi connectivity index (χ3v) is 10.9. The van der Waals surface area contributed by atoms with Gasteiger partial charge in [0.1, 0.15) is 17.5 Å². The minimum Gasteiger partial charge on any atom is -0.385 e. The van der Waals surface area contributed by atoms with Crippen molar-refractivity contribution < 1.29 is 22.3 Å². The summed E-state index contributed by atoms with van der Waals surface area (Å²) < 4.78 is 57.0. The fraction of sp³-hybridized carbons (Fsp3) is 0.452. The van der Waals surface area contributed by atoms with E-state index in [-0.39, 0.29) is 28.7 Å². The topological polar surface area (TPSA) is 123 Å². The molecule has 0 amide bonds. The second-order valence-corrected chi connectivity index (χ2v) is 14.3. The number of aromatic nitrogens is 4. The van der Waals surface area contributed by atoms with Crippen LogP contribution in [0.1, 0.15) is 73.9 Å². The highest BCUT2D eigenvalue weighted by Gasteiger charge is 2.40. The molecule has 0 saturated heterocycles. The third-order valence-electron chi connectivity index (χ3n) is 9.14. The van der Waals surface area contributed by atoms with E-state index in [0.29, 0.717) is 43.4 Å². The Balaban J connectivity index is 1.32. The van der Waals surface area contributed by atoms with Crippen LogP contribution in [0.5, 0.6) is 0 Å². The zero-order valence-electron chi connectivity index (χ0n) is 23.7. The van der Waals surface area contributed by atoms with Crippen molar-refractivity contribution in [3.8, 4) is 11.3 Å². The van der Waals surface area contributed by atoms with Gasteiger partial charge in [-0.15, -0.1) is 0 Å². The Morgan fingerprint density at radius 2 is 1.81 bits per heavy atom. The Morgan fingerprint density at radius 3 is 2.48 bits per heavy atom. The molecule has 11 heteroatoms. The molecule has 0 radical (unpaired) electrons. The molecule has 6 rings (SSSR count). The first-order valence-electron chi connectivity index (χ1n) is 14.4. The number of fused-ring (bicyclic) bond motifs is 1.